The molecule has 4 aromatic rings. The van der Waals surface area contributed by atoms with Crippen LogP contribution in [0.15, 0.2) is 54.9 Å². The van der Waals surface area contributed by atoms with Crippen molar-refractivity contribution in [1.29, 1.82) is 0 Å². The van der Waals surface area contributed by atoms with Crippen LogP contribution in [0.5, 0.6) is 17.2 Å². The van der Waals surface area contributed by atoms with Crippen LogP contribution in [0.25, 0.3) is 16.7 Å². The zero-order valence-electron chi connectivity index (χ0n) is 21.3. The highest BCUT2D eigenvalue weighted by Gasteiger charge is 2.15. The third kappa shape index (κ3) is 6.10. The van der Waals surface area contributed by atoms with Crippen LogP contribution < -0.4 is 30.6 Å². The number of hydrogen-bond acceptors (Lipinski definition) is 8. The van der Waals surface area contributed by atoms with E-state index in [4.69, 9.17) is 24.9 Å². The van der Waals surface area contributed by atoms with Crippen LogP contribution in [-0.2, 0) is 11.2 Å². The zero-order valence-corrected chi connectivity index (χ0v) is 21.3. The van der Waals surface area contributed by atoms with Gasteiger partial charge in [0, 0.05) is 54.3 Å². The molecule has 0 aliphatic heterocycles. The summed E-state index contributed by atoms with van der Waals surface area (Å²) in [5, 5.41) is 7.03. The Bertz CT molecular complexity index is 1350. The molecule has 0 atom stereocenters. The van der Waals surface area contributed by atoms with Gasteiger partial charge in [-0.15, -0.1) is 0 Å². The van der Waals surface area contributed by atoms with Gasteiger partial charge in [0.15, 0.2) is 11.5 Å². The van der Waals surface area contributed by atoms with Crippen LogP contribution >= 0.6 is 0 Å². The Morgan fingerprint density at radius 2 is 1.84 bits per heavy atom. The number of amides is 1. The number of nitrogens with one attached hydrogen (secondary N) is 2. The van der Waals surface area contributed by atoms with E-state index in [1.165, 1.54) is 0 Å². The van der Waals surface area contributed by atoms with Crippen molar-refractivity contribution in [3.05, 3.63) is 60.4 Å². The van der Waals surface area contributed by atoms with Crippen molar-refractivity contribution in [1.82, 2.24) is 19.9 Å². The SMILES string of the molecule is COc1cc(Nc2ncc3ccn(-c4cccc(CCC(=O)NCCCN)c4)c3n2)cc(OC)c1OC. The molecule has 2 heterocycles. The molecule has 1 amide bonds. The minimum Gasteiger partial charge on any atom is -0.493 e. The van der Waals surface area contributed by atoms with E-state index >= 15 is 0 Å². The summed E-state index contributed by atoms with van der Waals surface area (Å²) in [7, 11) is 4.70. The molecule has 0 saturated heterocycles. The van der Waals surface area contributed by atoms with Crippen LogP contribution in [0.1, 0.15) is 18.4 Å². The molecular formula is C27H32N6O4. The van der Waals surface area contributed by atoms with Gasteiger partial charge in [-0.25, -0.2) is 4.98 Å². The third-order valence-electron chi connectivity index (χ3n) is 5.88. The van der Waals surface area contributed by atoms with Crippen molar-refractivity contribution in [3.8, 4) is 22.9 Å². The van der Waals surface area contributed by atoms with Crippen LogP contribution in [0.3, 0.4) is 0 Å². The highest BCUT2D eigenvalue weighted by atomic mass is 16.5. The minimum absolute atomic E-state index is 0.0283. The summed E-state index contributed by atoms with van der Waals surface area (Å²) in [6.45, 7) is 1.17. The number of carbonyl (C=O) groups is 1. The first kappa shape index (κ1) is 25.8. The summed E-state index contributed by atoms with van der Waals surface area (Å²) >= 11 is 0. The fourth-order valence-electron chi connectivity index (χ4n) is 4.01. The van der Waals surface area contributed by atoms with Crippen molar-refractivity contribution in [2.24, 2.45) is 5.73 Å². The molecule has 4 N–H and O–H groups in total. The Hall–Kier alpha value is -4.31. The molecule has 0 radical (unpaired) electrons. The Labute approximate surface area is 215 Å². The average molecular weight is 505 g/mol. The van der Waals surface area contributed by atoms with Crippen molar-refractivity contribution < 1.29 is 19.0 Å². The van der Waals surface area contributed by atoms with Gasteiger partial charge >= 0.3 is 0 Å². The van der Waals surface area contributed by atoms with Gasteiger partial charge in [-0.2, -0.15) is 4.98 Å². The lowest BCUT2D eigenvalue weighted by atomic mass is 10.1. The van der Waals surface area contributed by atoms with Gasteiger partial charge in [0.2, 0.25) is 17.6 Å². The Morgan fingerprint density at radius 3 is 2.54 bits per heavy atom. The highest BCUT2D eigenvalue weighted by Crippen LogP contribution is 2.40. The molecule has 10 nitrogen and oxygen atoms in total. The van der Waals surface area contributed by atoms with Gasteiger partial charge in [0.25, 0.3) is 0 Å². The van der Waals surface area contributed by atoms with Crippen molar-refractivity contribution in [3.63, 3.8) is 0 Å². The molecule has 194 valence electrons. The molecule has 2 aromatic heterocycles. The van der Waals surface area contributed by atoms with E-state index in [2.05, 4.69) is 21.7 Å². The molecule has 0 saturated carbocycles. The molecule has 0 aliphatic rings. The zero-order chi connectivity index (χ0) is 26.2. The van der Waals surface area contributed by atoms with E-state index in [1.54, 1.807) is 39.7 Å². The number of fused-ring (bicyclic) bond motifs is 1. The summed E-state index contributed by atoms with van der Waals surface area (Å²) in [6, 6.07) is 13.6. The number of nitrogens with zero attached hydrogens (tertiary/aromatic N) is 3. The second kappa shape index (κ2) is 12.1. The molecule has 0 fully saturated rings. The van der Waals surface area contributed by atoms with Crippen molar-refractivity contribution >= 4 is 28.6 Å². The maximum atomic E-state index is 12.1. The lowest BCUT2D eigenvalue weighted by Gasteiger charge is -2.14. The molecular weight excluding hydrogens is 472 g/mol. The van der Waals surface area contributed by atoms with Crippen LogP contribution in [0.4, 0.5) is 11.6 Å². The van der Waals surface area contributed by atoms with E-state index in [-0.39, 0.29) is 5.91 Å². The Balaban J connectivity index is 1.55. The quantitative estimate of drug-likeness (QED) is 0.250. The first-order valence-electron chi connectivity index (χ1n) is 12.0. The number of nitrogens with two attached hydrogens (primary N) is 1. The highest BCUT2D eigenvalue weighted by molar-refractivity contribution is 5.79. The molecule has 0 unspecified atom stereocenters. The van der Waals surface area contributed by atoms with Crippen LogP contribution in [0, 0.1) is 0 Å². The normalized spacial score (nSPS) is 10.8. The van der Waals surface area contributed by atoms with E-state index in [9.17, 15) is 4.79 Å². The molecule has 2 aromatic carbocycles. The molecule has 4 rings (SSSR count). The number of benzene rings is 2. The van der Waals surface area contributed by atoms with Crippen LogP contribution in [0.2, 0.25) is 0 Å². The fourth-order valence-corrected chi connectivity index (χ4v) is 4.01. The largest absolute Gasteiger partial charge is 0.493 e. The second-order valence-corrected chi connectivity index (χ2v) is 8.36. The number of aryl methyl sites for hydroxylation is 1. The molecule has 0 spiro atoms. The number of carbonyl (C=O) groups excluding carboxylic acids is 1. The summed E-state index contributed by atoms with van der Waals surface area (Å²) in [4.78, 5) is 21.3. The molecule has 0 bridgehead atoms. The van der Waals surface area contributed by atoms with Crippen LogP contribution in [-0.4, -0.2) is 54.9 Å². The molecule has 10 heteroatoms. The standard InChI is InChI=1S/C27H32N6O4/c1-35-22-15-20(16-23(36-2)25(22)37-3)31-27-30-17-19-10-13-33(26(19)32-27)21-7-4-6-18(14-21)8-9-24(34)29-12-5-11-28/h4,6-7,10,13-17H,5,8-9,11-12,28H2,1-3H3,(H,29,34)(H,30,31,32). The van der Waals surface area contributed by atoms with Gasteiger partial charge in [0.1, 0.15) is 5.65 Å². The van der Waals surface area contributed by atoms with Gasteiger partial charge in [0.05, 0.1) is 21.3 Å². The lowest BCUT2D eigenvalue weighted by molar-refractivity contribution is -0.121. The third-order valence-corrected chi connectivity index (χ3v) is 5.88. The first-order valence-corrected chi connectivity index (χ1v) is 12.0. The smallest absolute Gasteiger partial charge is 0.229 e. The van der Waals surface area contributed by atoms with Gasteiger partial charge in [-0.1, -0.05) is 12.1 Å². The predicted molar refractivity (Wildman–Crippen MR) is 143 cm³/mol. The molecule has 0 aliphatic carbocycles. The summed E-state index contributed by atoms with van der Waals surface area (Å²) in [5.41, 5.74) is 8.95. The van der Waals surface area contributed by atoms with Gasteiger partial charge in [-0.3, -0.25) is 4.79 Å². The van der Waals surface area contributed by atoms with Gasteiger partial charge in [-0.05, 0) is 43.1 Å². The number of rotatable bonds is 12. The monoisotopic (exact) mass is 504 g/mol. The number of anilines is 2. The summed E-state index contributed by atoms with van der Waals surface area (Å²) in [6.07, 6.45) is 5.58. The maximum Gasteiger partial charge on any atom is 0.229 e. The fraction of sp³-hybridized carbons (Fsp3) is 0.296. The molecule has 37 heavy (non-hydrogen) atoms. The van der Waals surface area contributed by atoms with Gasteiger partial charge < -0.3 is 35.1 Å². The van der Waals surface area contributed by atoms with Crippen molar-refractivity contribution in [2.45, 2.75) is 19.3 Å². The lowest BCUT2D eigenvalue weighted by Crippen LogP contribution is -2.26. The number of aromatic nitrogens is 3. The summed E-state index contributed by atoms with van der Waals surface area (Å²) < 4.78 is 18.3. The Morgan fingerprint density at radius 1 is 1.05 bits per heavy atom. The van der Waals surface area contributed by atoms with E-state index in [0.29, 0.717) is 54.8 Å². The minimum atomic E-state index is 0.0283. The average Bonchev–Trinajstić information content (AvgIpc) is 3.35. The van der Waals surface area contributed by atoms with E-state index in [1.807, 2.05) is 35.0 Å². The number of methoxy groups -OCH3 is 3. The topological polar surface area (TPSA) is 126 Å². The predicted octanol–water partition coefficient (Wildman–Crippen LogP) is 3.59. The van der Waals surface area contributed by atoms with E-state index < -0.39 is 0 Å². The number of ether oxygens (including phenoxy) is 3. The summed E-state index contributed by atoms with van der Waals surface area (Å²) in [5.74, 6) is 2.01. The maximum absolute atomic E-state index is 12.1. The number of hydrogen-bond donors (Lipinski definition) is 3. The van der Waals surface area contributed by atoms with Crippen molar-refractivity contribution in [2.75, 3.05) is 39.7 Å². The Kier molecular flexibility index (Phi) is 8.42. The second-order valence-electron chi connectivity index (χ2n) is 8.36. The first-order chi connectivity index (χ1) is 18.1. The van der Waals surface area contributed by atoms with E-state index in [0.717, 1.165) is 28.7 Å².